The summed E-state index contributed by atoms with van der Waals surface area (Å²) in [5.74, 6) is 0.360. The smallest absolute Gasteiger partial charge is 0.417 e. The number of anilines is 1. The quantitative estimate of drug-likeness (QED) is 0.427. The van der Waals surface area contributed by atoms with Crippen molar-refractivity contribution < 1.29 is 19.1 Å². The predicted molar refractivity (Wildman–Crippen MR) is 127 cm³/mol. The van der Waals surface area contributed by atoms with E-state index in [-0.39, 0.29) is 11.9 Å². The van der Waals surface area contributed by atoms with Crippen molar-refractivity contribution in [2.75, 3.05) is 11.9 Å². The summed E-state index contributed by atoms with van der Waals surface area (Å²) < 4.78 is 11.7. The van der Waals surface area contributed by atoms with E-state index in [1.54, 1.807) is 18.2 Å². The molecule has 0 aliphatic heterocycles. The molecule has 1 amide bonds. The first kappa shape index (κ1) is 22.1. The highest BCUT2D eigenvalue weighted by Gasteiger charge is 2.25. The van der Waals surface area contributed by atoms with Crippen molar-refractivity contribution in [3.63, 3.8) is 0 Å². The molecular formula is C26H24BrNO4. The van der Waals surface area contributed by atoms with Crippen LogP contribution in [0.25, 0.3) is 0 Å². The maximum atomic E-state index is 12.3. The van der Waals surface area contributed by atoms with Crippen LogP contribution in [0, 0.1) is 0 Å². The second-order valence-electron chi connectivity index (χ2n) is 7.74. The number of hydrogen-bond acceptors (Lipinski definition) is 4. The van der Waals surface area contributed by atoms with Gasteiger partial charge >= 0.3 is 12.1 Å². The van der Waals surface area contributed by atoms with E-state index < -0.39 is 6.09 Å². The normalized spacial score (nSPS) is 14.5. The fourth-order valence-corrected chi connectivity index (χ4v) is 4.35. The molecule has 6 heteroatoms. The third kappa shape index (κ3) is 5.37. The zero-order valence-corrected chi connectivity index (χ0v) is 19.4. The van der Waals surface area contributed by atoms with E-state index in [0.29, 0.717) is 24.5 Å². The van der Waals surface area contributed by atoms with Gasteiger partial charge in [-0.2, -0.15) is 0 Å². The molecule has 3 aromatic carbocycles. The highest BCUT2D eigenvalue weighted by Crippen LogP contribution is 2.35. The number of benzene rings is 3. The molecule has 0 saturated carbocycles. The SMILES string of the molecule is CCOC(=O)CC1Cc2ccc(OC(=O)Nc3ccc(Br)cc3)cc2Cc2ccccc21. The largest absolute Gasteiger partial charge is 0.466 e. The number of fused-ring (bicyclic) bond motifs is 2. The van der Waals surface area contributed by atoms with Crippen LogP contribution in [-0.2, 0) is 22.4 Å². The van der Waals surface area contributed by atoms with Crippen LogP contribution < -0.4 is 10.1 Å². The van der Waals surface area contributed by atoms with Crippen molar-refractivity contribution in [2.24, 2.45) is 0 Å². The van der Waals surface area contributed by atoms with Crippen LogP contribution in [0.1, 0.15) is 41.5 Å². The summed E-state index contributed by atoms with van der Waals surface area (Å²) in [5, 5.41) is 2.73. The monoisotopic (exact) mass is 493 g/mol. The lowest BCUT2D eigenvalue weighted by Crippen LogP contribution is -2.16. The molecule has 3 aromatic rings. The van der Waals surface area contributed by atoms with Crippen LogP contribution in [0.5, 0.6) is 5.75 Å². The number of carbonyl (C=O) groups excluding carboxylic acids is 2. The second kappa shape index (κ2) is 10.0. The van der Waals surface area contributed by atoms with Gasteiger partial charge in [-0.3, -0.25) is 10.1 Å². The minimum atomic E-state index is -0.540. The highest BCUT2D eigenvalue weighted by molar-refractivity contribution is 9.10. The van der Waals surface area contributed by atoms with E-state index >= 15 is 0 Å². The van der Waals surface area contributed by atoms with Crippen LogP contribution in [0.2, 0.25) is 0 Å². The molecule has 0 radical (unpaired) electrons. The van der Waals surface area contributed by atoms with Gasteiger partial charge in [0.2, 0.25) is 0 Å². The standard InChI is InChI=1S/C26H24BrNO4/c1-2-31-25(29)16-20-13-17-7-12-23(15-19(17)14-18-5-3-4-6-24(18)20)32-26(30)28-22-10-8-21(27)9-11-22/h3-12,15,20H,2,13-14,16H2,1H3,(H,28,30). The van der Waals surface area contributed by atoms with Crippen molar-refractivity contribution in [1.82, 2.24) is 0 Å². The molecular weight excluding hydrogens is 470 g/mol. The van der Waals surface area contributed by atoms with Crippen molar-refractivity contribution >= 4 is 33.7 Å². The molecule has 32 heavy (non-hydrogen) atoms. The van der Waals surface area contributed by atoms with Gasteiger partial charge in [0.25, 0.3) is 0 Å². The third-order valence-electron chi connectivity index (χ3n) is 5.54. The van der Waals surface area contributed by atoms with Gasteiger partial charge in [0, 0.05) is 10.2 Å². The Labute approximate surface area is 195 Å². The number of hydrogen-bond donors (Lipinski definition) is 1. The zero-order chi connectivity index (χ0) is 22.5. The van der Waals surface area contributed by atoms with Gasteiger partial charge in [-0.1, -0.05) is 46.3 Å². The van der Waals surface area contributed by atoms with Gasteiger partial charge in [0.1, 0.15) is 5.75 Å². The lowest BCUT2D eigenvalue weighted by atomic mass is 9.89. The minimum Gasteiger partial charge on any atom is -0.466 e. The van der Waals surface area contributed by atoms with Gasteiger partial charge < -0.3 is 9.47 Å². The minimum absolute atomic E-state index is 0.0546. The summed E-state index contributed by atoms with van der Waals surface area (Å²) in [4.78, 5) is 24.5. The molecule has 1 unspecified atom stereocenters. The Morgan fingerprint density at radius 1 is 1.00 bits per heavy atom. The van der Waals surface area contributed by atoms with Crippen LogP contribution in [0.3, 0.4) is 0 Å². The molecule has 1 atom stereocenters. The van der Waals surface area contributed by atoms with Gasteiger partial charge in [-0.25, -0.2) is 4.79 Å². The van der Waals surface area contributed by atoms with E-state index in [1.807, 2.05) is 43.3 Å². The molecule has 0 aromatic heterocycles. The van der Waals surface area contributed by atoms with E-state index in [9.17, 15) is 9.59 Å². The molecule has 0 spiro atoms. The molecule has 1 aliphatic rings. The first-order valence-corrected chi connectivity index (χ1v) is 11.4. The van der Waals surface area contributed by atoms with E-state index in [1.165, 1.54) is 11.1 Å². The first-order valence-electron chi connectivity index (χ1n) is 10.6. The Balaban J connectivity index is 1.53. The fourth-order valence-electron chi connectivity index (χ4n) is 4.09. The van der Waals surface area contributed by atoms with Crippen LogP contribution >= 0.6 is 15.9 Å². The maximum absolute atomic E-state index is 12.3. The van der Waals surface area contributed by atoms with E-state index in [2.05, 4.69) is 33.4 Å². The van der Waals surface area contributed by atoms with Crippen molar-refractivity contribution in [3.05, 3.63) is 93.5 Å². The Bertz CT molecular complexity index is 1130. The topological polar surface area (TPSA) is 64.6 Å². The number of halogens is 1. The van der Waals surface area contributed by atoms with Gasteiger partial charge in [-0.15, -0.1) is 0 Å². The van der Waals surface area contributed by atoms with Gasteiger partial charge in [0.15, 0.2) is 0 Å². The number of amides is 1. The van der Waals surface area contributed by atoms with Crippen molar-refractivity contribution in [3.8, 4) is 5.75 Å². The lowest BCUT2D eigenvalue weighted by Gasteiger charge is -2.17. The number of carbonyl (C=O) groups is 2. The number of esters is 1. The summed E-state index contributed by atoms with van der Waals surface area (Å²) >= 11 is 3.37. The summed E-state index contributed by atoms with van der Waals surface area (Å²) in [5.41, 5.74) is 5.25. The van der Waals surface area contributed by atoms with Crippen molar-refractivity contribution in [1.29, 1.82) is 0 Å². The highest BCUT2D eigenvalue weighted by atomic mass is 79.9. The molecule has 0 bridgehead atoms. The summed E-state index contributed by atoms with van der Waals surface area (Å²) in [6.45, 7) is 2.20. The van der Waals surface area contributed by atoms with Crippen LogP contribution in [0.15, 0.2) is 71.2 Å². The molecule has 1 N–H and O–H groups in total. The predicted octanol–water partition coefficient (Wildman–Crippen LogP) is 6.24. The summed E-state index contributed by atoms with van der Waals surface area (Å²) in [7, 11) is 0. The summed E-state index contributed by atoms with van der Waals surface area (Å²) in [6, 6.07) is 21.2. The maximum Gasteiger partial charge on any atom is 0.417 e. The molecule has 5 nitrogen and oxygen atoms in total. The fraction of sp³-hybridized carbons (Fsp3) is 0.231. The molecule has 0 heterocycles. The average Bonchev–Trinajstić information content (AvgIpc) is 2.92. The first-order chi connectivity index (χ1) is 15.5. The van der Waals surface area contributed by atoms with Crippen LogP contribution in [-0.4, -0.2) is 18.7 Å². The van der Waals surface area contributed by atoms with Crippen molar-refractivity contribution in [2.45, 2.75) is 32.1 Å². The molecule has 0 fully saturated rings. The lowest BCUT2D eigenvalue weighted by molar-refractivity contribution is -0.143. The number of rotatable bonds is 5. The van der Waals surface area contributed by atoms with Crippen LogP contribution in [0.4, 0.5) is 10.5 Å². The molecule has 0 saturated heterocycles. The Morgan fingerprint density at radius 2 is 1.78 bits per heavy atom. The zero-order valence-electron chi connectivity index (χ0n) is 17.8. The number of ether oxygens (including phenoxy) is 2. The summed E-state index contributed by atoms with van der Waals surface area (Å²) in [6.07, 6.45) is 1.26. The second-order valence-corrected chi connectivity index (χ2v) is 8.65. The van der Waals surface area contributed by atoms with E-state index in [4.69, 9.17) is 9.47 Å². The third-order valence-corrected chi connectivity index (χ3v) is 6.07. The Kier molecular flexibility index (Phi) is 6.90. The molecule has 1 aliphatic carbocycles. The molecule has 4 rings (SSSR count). The Morgan fingerprint density at radius 3 is 2.56 bits per heavy atom. The number of nitrogens with one attached hydrogen (secondary N) is 1. The Hall–Kier alpha value is -3.12. The van der Waals surface area contributed by atoms with Gasteiger partial charge in [0.05, 0.1) is 13.0 Å². The average molecular weight is 494 g/mol. The van der Waals surface area contributed by atoms with Gasteiger partial charge in [-0.05, 0) is 84.3 Å². The van der Waals surface area contributed by atoms with E-state index in [0.717, 1.165) is 28.4 Å². The molecule has 164 valence electrons.